The number of nitrogens with zero attached hydrogens (tertiary/aromatic N) is 6. The molecule has 10 nitrogen and oxygen atoms in total. The minimum Gasteiger partial charge on any atom is -0.446 e. The molecule has 0 spiro atoms. The van der Waals surface area contributed by atoms with Crippen molar-refractivity contribution in [3.63, 3.8) is 0 Å². The number of likely N-dealkylation sites (tertiary alicyclic amines) is 1. The quantitative estimate of drug-likeness (QED) is 0.746. The van der Waals surface area contributed by atoms with Gasteiger partial charge in [-0.3, -0.25) is 4.79 Å². The van der Waals surface area contributed by atoms with Crippen LogP contribution in [0.2, 0.25) is 0 Å². The normalized spacial score (nSPS) is 25.5. The van der Waals surface area contributed by atoms with Gasteiger partial charge in [-0.05, 0) is 44.1 Å². The van der Waals surface area contributed by atoms with Crippen LogP contribution in [-0.2, 0) is 9.53 Å². The number of amides is 1. The molecule has 2 aliphatic rings. The van der Waals surface area contributed by atoms with Gasteiger partial charge in [-0.15, -0.1) is 0 Å². The highest BCUT2D eigenvalue weighted by atomic mass is 16.6. The molecule has 1 aliphatic heterocycles. The topological polar surface area (TPSA) is 130 Å². The maximum atomic E-state index is 12.8. The Hall–Kier alpha value is -3.19. The number of rotatable bonds is 4. The van der Waals surface area contributed by atoms with E-state index in [9.17, 15) is 9.59 Å². The molecule has 4 rings (SSSR count). The predicted molar refractivity (Wildman–Crippen MR) is 122 cm³/mol. The van der Waals surface area contributed by atoms with Crippen LogP contribution < -0.4 is 10.6 Å². The largest absolute Gasteiger partial charge is 0.446 e. The molecule has 0 bridgehead atoms. The fourth-order valence-electron chi connectivity index (χ4n) is 4.89. The lowest BCUT2D eigenvalue weighted by molar-refractivity contribution is -0.131. The lowest BCUT2D eigenvalue weighted by atomic mass is 9.92. The van der Waals surface area contributed by atoms with Crippen molar-refractivity contribution >= 4 is 28.9 Å². The monoisotopic (exact) mass is 453 g/mol. The van der Waals surface area contributed by atoms with Crippen molar-refractivity contribution in [2.75, 3.05) is 25.0 Å². The molecule has 1 saturated heterocycles. The van der Waals surface area contributed by atoms with Gasteiger partial charge in [0.15, 0.2) is 5.65 Å². The zero-order valence-electron chi connectivity index (χ0n) is 19.2. The van der Waals surface area contributed by atoms with Gasteiger partial charge in [-0.2, -0.15) is 5.26 Å². The van der Waals surface area contributed by atoms with Crippen LogP contribution in [0.25, 0.3) is 11.0 Å². The Bertz CT molecular complexity index is 1050. The van der Waals surface area contributed by atoms with Crippen molar-refractivity contribution in [2.45, 2.75) is 63.6 Å². The molecule has 0 radical (unpaired) electrons. The first-order valence-corrected chi connectivity index (χ1v) is 11.5. The zero-order valence-corrected chi connectivity index (χ0v) is 19.2. The molecular weight excluding hydrogens is 422 g/mol. The Kier molecular flexibility index (Phi) is 6.79. The standard InChI is InChI=1S/C23H31N7O3/c1-15-8-11-29(20(31)7-10-24)13-19(15)28(2)21-18-9-12-30(22(18)27-14-26-21)23(32)33-17-5-3-16(25)4-6-17/h9,12,14-17,19H,3-8,11,13,25H2,1-2H3/t15-,16?,17?,19+/m1/s1. The lowest BCUT2D eigenvalue weighted by Crippen LogP contribution is -2.52. The summed E-state index contributed by atoms with van der Waals surface area (Å²) in [5.41, 5.74) is 6.44. The maximum absolute atomic E-state index is 12.8. The number of carbonyl (C=O) groups excluding carboxylic acids is 2. The smallest absolute Gasteiger partial charge is 0.419 e. The fraction of sp³-hybridized carbons (Fsp3) is 0.609. The van der Waals surface area contributed by atoms with E-state index in [4.69, 9.17) is 15.7 Å². The molecule has 33 heavy (non-hydrogen) atoms. The molecule has 0 aromatic carbocycles. The van der Waals surface area contributed by atoms with Gasteiger partial charge >= 0.3 is 6.09 Å². The predicted octanol–water partition coefficient (Wildman–Crippen LogP) is 2.27. The van der Waals surface area contributed by atoms with E-state index in [2.05, 4.69) is 21.8 Å². The fourth-order valence-corrected chi connectivity index (χ4v) is 4.89. The summed E-state index contributed by atoms with van der Waals surface area (Å²) in [6.07, 6.45) is 6.54. The molecule has 2 aromatic heterocycles. The van der Waals surface area contributed by atoms with E-state index in [1.165, 1.54) is 10.9 Å². The maximum Gasteiger partial charge on any atom is 0.419 e. The van der Waals surface area contributed by atoms with Gasteiger partial charge < -0.3 is 20.3 Å². The number of piperidine rings is 1. The molecule has 10 heteroatoms. The summed E-state index contributed by atoms with van der Waals surface area (Å²) < 4.78 is 7.14. The number of hydrogen-bond acceptors (Lipinski definition) is 8. The number of carbonyl (C=O) groups is 2. The second kappa shape index (κ2) is 9.75. The molecule has 2 N–H and O–H groups in total. The Labute approximate surface area is 193 Å². The van der Waals surface area contributed by atoms with E-state index < -0.39 is 6.09 Å². The molecule has 1 saturated carbocycles. The summed E-state index contributed by atoms with van der Waals surface area (Å²) >= 11 is 0. The minimum atomic E-state index is -0.447. The van der Waals surface area contributed by atoms with Crippen LogP contribution in [0.1, 0.15) is 45.4 Å². The average Bonchev–Trinajstić information content (AvgIpc) is 3.25. The van der Waals surface area contributed by atoms with E-state index in [0.717, 1.165) is 37.5 Å². The first-order chi connectivity index (χ1) is 15.9. The van der Waals surface area contributed by atoms with Crippen molar-refractivity contribution in [3.05, 3.63) is 18.6 Å². The molecule has 2 aromatic rings. The molecule has 2 fully saturated rings. The highest BCUT2D eigenvalue weighted by Crippen LogP contribution is 2.30. The van der Waals surface area contributed by atoms with E-state index in [1.54, 1.807) is 11.1 Å². The second-order valence-corrected chi connectivity index (χ2v) is 9.16. The summed E-state index contributed by atoms with van der Waals surface area (Å²) in [4.78, 5) is 37.8. The number of hydrogen-bond donors (Lipinski definition) is 1. The third kappa shape index (κ3) is 4.78. The summed E-state index contributed by atoms with van der Waals surface area (Å²) in [5.74, 6) is 0.880. The number of fused-ring (bicyclic) bond motifs is 1. The summed E-state index contributed by atoms with van der Waals surface area (Å²) in [6, 6.07) is 3.98. The SMILES string of the molecule is C[C@@H]1CCN(C(=O)CC#N)C[C@@H]1N(C)c1ncnc2c1ccn2C(=O)OC1CCC(N)CC1. The first kappa shape index (κ1) is 23.0. The summed E-state index contributed by atoms with van der Waals surface area (Å²) in [5, 5.41) is 9.63. The van der Waals surface area contributed by atoms with Gasteiger partial charge in [-0.1, -0.05) is 6.92 Å². The lowest BCUT2D eigenvalue weighted by Gasteiger charge is -2.42. The van der Waals surface area contributed by atoms with E-state index >= 15 is 0 Å². The van der Waals surface area contributed by atoms with Gasteiger partial charge in [0.1, 0.15) is 24.7 Å². The molecule has 1 amide bonds. The van der Waals surface area contributed by atoms with Crippen molar-refractivity contribution in [3.8, 4) is 6.07 Å². The van der Waals surface area contributed by atoms with Crippen LogP contribution >= 0.6 is 0 Å². The second-order valence-electron chi connectivity index (χ2n) is 9.16. The highest BCUT2D eigenvalue weighted by Gasteiger charge is 2.33. The molecule has 176 valence electrons. The van der Waals surface area contributed by atoms with Crippen LogP contribution in [0.3, 0.4) is 0 Å². The van der Waals surface area contributed by atoms with Crippen LogP contribution in [-0.4, -0.2) is 69.8 Å². The van der Waals surface area contributed by atoms with Crippen LogP contribution in [0.15, 0.2) is 18.6 Å². The summed E-state index contributed by atoms with van der Waals surface area (Å²) in [7, 11) is 1.95. The van der Waals surface area contributed by atoms with E-state index in [-0.39, 0.29) is 30.5 Å². The Morgan fingerprint density at radius 3 is 2.76 bits per heavy atom. The van der Waals surface area contributed by atoms with Gasteiger partial charge in [0.2, 0.25) is 5.91 Å². The third-order valence-corrected chi connectivity index (χ3v) is 6.98. The Morgan fingerprint density at radius 1 is 1.27 bits per heavy atom. The minimum absolute atomic E-state index is 0.0289. The molecule has 0 unspecified atom stereocenters. The Morgan fingerprint density at radius 2 is 2.03 bits per heavy atom. The van der Waals surface area contributed by atoms with Gasteiger partial charge in [0, 0.05) is 32.4 Å². The van der Waals surface area contributed by atoms with Crippen molar-refractivity contribution in [1.82, 2.24) is 19.4 Å². The molecule has 2 atom stereocenters. The Balaban J connectivity index is 1.54. The number of nitriles is 1. The van der Waals surface area contributed by atoms with Crippen molar-refractivity contribution in [2.24, 2.45) is 11.7 Å². The van der Waals surface area contributed by atoms with Crippen molar-refractivity contribution < 1.29 is 14.3 Å². The summed E-state index contributed by atoms with van der Waals surface area (Å²) in [6.45, 7) is 3.33. The average molecular weight is 454 g/mol. The van der Waals surface area contributed by atoms with E-state index in [1.807, 2.05) is 19.2 Å². The number of ether oxygens (including phenoxy) is 1. The third-order valence-electron chi connectivity index (χ3n) is 6.98. The van der Waals surface area contributed by atoms with Crippen LogP contribution in [0, 0.1) is 17.2 Å². The van der Waals surface area contributed by atoms with Crippen LogP contribution in [0.4, 0.5) is 10.6 Å². The molecule has 3 heterocycles. The number of aromatic nitrogens is 3. The van der Waals surface area contributed by atoms with Gasteiger partial charge in [0.25, 0.3) is 0 Å². The highest BCUT2D eigenvalue weighted by molar-refractivity contribution is 5.93. The first-order valence-electron chi connectivity index (χ1n) is 11.5. The van der Waals surface area contributed by atoms with Gasteiger partial charge in [0.05, 0.1) is 17.5 Å². The number of likely N-dealkylation sites (N-methyl/N-ethyl adjacent to an activating group) is 1. The van der Waals surface area contributed by atoms with Gasteiger partial charge in [-0.25, -0.2) is 19.3 Å². The number of anilines is 1. The number of nitrogens with two attached hydrogens (primary N) is 1. The molecular formula is C23H31N7O3. The van der Waals surface area contributed by atoms with Crippen molar-refractivity contribution in [1.29, 1.82) is 5.26 Å². The zero-order chi connectivity index (χ0) is 23.5. The van der Waals surface area contributed by atoms with E-state index in [0.29, 0.717) is 30.5 Å². The molecule has 1 aliphatic carbocycles. The van der Waals surface area contributed by atoms with Crippen LogP contribution in [0.5, 0.6) is 0 Å².